The van der Waals surface area contributed by atoms with E-state index in [0.29, 0.717) is 57.1 Å². The second-order valence-electron chi connectivity index (χ2n) is 8.71. The summed E-state index contributed by atoms with van der Waals surface area (Å²) in [4.78, 5) is 18.6. The fraction of sp³-hybridized carbons (Fsp3) is 0.286. The molecule has 0 fully saturated rings. The summed E-state index contributed by atoms with van der Waals surface area (Å²) in [6.45, 7) is 12.7. The lowest BCUT2D eigenvalue weighted by molar-refractivity contribution is -0.111. The molecule has 0 saturated carbocycles. The van der Waals surface area contributed by atoms with Crippen LogP contribution in [-0.4, -0.2) is 44.5 Å². The Morgan fingerprint density at radius 1 is 1.11 bits per heavy atom. The monoisotopic (exact) mass is 489 g/mol. The maximum absolute atomic E-state index is 13.0. The predicted octanol–water partition coefficient (Wildman–Crippen LogP) is 3.73. The Morgan fingerprint density at radius 2 is 1.83 bits per heavy atom. The number of carbonyl (C=O) groups is 1. The first kappa shape index (κ1) is 23.3. The zero-order valence-electron chi connectivity index (χ0n) is 20.5. The van der Waals surface area contributed by atoms with Gasteiger partial charge in [0.15, 0.2) is 17.3 Å². The molecule has 35 heavy (non-hydrogen) atoms. The van der Waals surface area contributed by atoms with Crippen LogP contribution in [0.3, 0.4) is 0 Å². The molecule has 2 aliphatic rings. The van der Waals surface area contributed by atoms with E-state index in [2.05, 4.69) is 19.2 Å². The molecule has 0 atom stereocenters. The van der Waals surface area contributed by atoms with Crippen molar-refractivity contribution >= 4 is 63.1 Å². The van der Waals surface area contributed by atoms with E-state index in [4.69, 9.17) is 19.2 Å². The number of ketones is 1. The molecule has 0 saturated heterocycles. The summed E-state index contributed by atoms with van der Waals surface area (Å²) in [6, 6.07) is 0. The largest absolute Gasteiger partial charge is 0.504 e. The maximum atomic E-state index is 13.0. The van der Waals surface area contributed by atoms with Crippen molar-refractivity contribution in [2.45, 2.75) is 25.2 Å². The van der Waals surface area contributed by atoms with Crippen LogP contribution in [-0.2, 0) is 9.53 Å². The molecule has 6 nitrogen and oxygen atoms in total. The number of thioether (sulfide) groups is 1. The fourth-order valence-electron chi connectivity index (χ4n) is 5.49. The second-order valence-corrected chi connectivity index (χ2v) is 9.82. The molecule has 1 N–H and O–H groups in total. The number of carbonyl (C=O) groups excluding carboxylic acids is 1. The van der Waals surface area contributed by atoms with E-state index in [9.17, 15) is 9.90 Å². The van der Waals surface area contributed by atoms with Gasteiger partial charge in [0.05, 0.1) is 37.0 Å². The first-order valence-corrected chi connectivity index (χ1v) is 12.3. The minimum absolute atomic E-state index is 0.0460. The average molecular weight is 490 g/mol. The highest BCUT2D eigenvalue weighted by Gasteiger charge is 2.32. The van der Waals surface area contributed by atoms with Gasteiger partial charge < -0.3 is 19.3 Å². The Morgan fingerprint density at radius 3 is 2.46 bits per heavy atom. The minimum atomic E-state index is -0.0983. The molecule has 3 aromatic rings. The normalized spacial score (nSPS) is 14.8. The molecule has 3 aromatic carbocycles. The highest BCUT2D eigenvalue weighted by molar-refractivity contribution is 7.99. The van der Waals surface area contributed by atoms with E-state index in [1.54, 1.807) is 32.9 Å². The van der Waals surface area contributed by atoms with Crippen LogP contribution in [0.2, 0.25) is 0 Å². The molecule has 1 heterocycles. The summed E-state index contributed by atoms with van der Waals surface area (Å²) in [5.74, 6) is 1.98. The number of allylic oxidation sites excluding steroid dienone is 2. The van der Waals surface area contributed by atoms with Crippen LogP contribution in [0.1, 0.15) is 31.4 Å². The van der Waals surface area contributed by atoms with Crippen molar-refractivity contribution in [1.29, 1.82) is 0 Å². The molecule has 0 spiro atoms. The van der Waals surface area contributed by atoms with Gasteiger partial charge in [-0.05, 0) is 30.7 Å². The third-order valence-electron chi connectivity index (χ3n) is 6.89. The zero-order valence-corrected chi connectivity index (χ0v) is 21.4. The predicted molar refractivity (Wildman–Crippen MR) is 142 cm³/mol. The Hall–Kier alpha value is -3.45. The zero-order chi connectivity index (χ0) is 25.2. The van der Waals surface area contributed by atoms with Gasteiger partial charge in [-0.1, -0.05) is 24.8 Å². The molecule has 1 aliphatic heterocycles. The quantitative estimate of drug-likeness (QED) is 0.551. The number of Topliss-reactive ketones (excluding diaryl/α,β-unsaturated/α-hetero) is 1. The van der Waals surface area contributed by atoms with Crippen molar-refractivity contribution in [2.75, 3.05) is 33.6 Å². The van der Waals surface area contributed by atoms with Gasteiger partial charge in [-0.25, -0.2) is 0 Å². The molecule has 0 aromatic heterocycles. The molecule has 7 heteroatoms. The number of methoxy groups -OCH3 is 3. The molecule has 0 bridgehead atoms. The summed E-state index contributed by atoms with van der Waals surface area (Å²) >= 11 is 1.63. The van der Waals surface area contributed by atoms with Crippen LogP contribution in [0.4, 0.5) is 0 Å². The van der Waals surface area contributed by atoms with E-state index < -0.39 is 0 Å². The number of phenols is 1. The molecule has 1 aliphatic carbocycles. The first-order valence-electron chi connectivity index (χ1n) is 11.3. The molecule has 0 amide bonds. The summed E-state index contributed by atoms with van der Waals surface area (Å²) in [5, 5.41) is 16.8. The Balaban J connectivity index is 2.28. The van der Waals surface area contributed by atoms with Crippen LogP contribution in [0, 0.1) is 0 Å². The van der Waals surface area contributed by atoms with Crippen molar-refractivity contribution in [3.05, 3.63) is 39.1 Å². The lowest BCUT2D eigenvalue weighted by Gasteiger charge is -2.25. The molecule has 5 rings (SSSR count). The standard InChI is InChI=1S/C28H27NO5S/c1-12-8-9-16-13(2)18(15(4)32-5)22-20-19(16)21(17(12)14(3)30)26(33-6)25(31)23(20)24-28(27(22)34-7)35-11-10-29-24/h9,31H,2,4,8,10-11H2,1,3,5-7H3. The maximum Gasteiger partial charge on any atom is 0.169 e. The van der Waals surface area contributed by atoms with Crippen LogP contribution in [0.5, 0.6) is 17.2 Å². The number of fused-ring (bicyclic) bond motifs is 2. The Labute approximate surface area is 207 Å². The third-order valence-corrected chi connectivity index (χ3v) is 7.95. The number of ether oxygens (including phenoxy) is 3. The summed E-state index contributed by atoms with van der Waals surface area (Å²) in [6.07, 6.45) is 2.62. The van der Waals surface area contributed by atoms with Crippen LogP contribution >= 0.6 is 11.8 Å². The van der Waals surface area contributed by atoms with Crippen molar-refractivity contribution in [1.82, 2.24) is 0 Å². The van der Waals surface area contributed by atoms with E-state index in [1.807, 2.05) is 6.92 Å². The van der Waals surface area contributed by atoms with Crippen molar-refractivity contribution in [3.8, 4) is 17.2 Å². The van der Waals surface area contributed by atoms with Gasteiger partial charge in [-0.15, -0.1) is 11.8 Å². The topological polar surface area (TPSA) is 77.3 Å². The number of benzene rings is 3. The average Bonchev–Trinajstić information content (AvgIpc) is 3.00. The minimum Gasteiger partial charge on any atom is -0.504 e. The number of hydrogen-bond donors (Lipinski definition) is 1. The number of phenolic OH excluding ortho intramolecular Hbond substituents is 1. The molecular weight excluding hydrogens is 462 g/mol. The second kappa shape index (κ2) is 8.34. The summed E-state index contributed by atoms with van der Waals surface area (Å²) < 4.78 is 17.4. The van der Waals surface area contributed by atoms with Gasteiger partial charge in [-0.3, -0.25) is 9.79 Å². The molecule has 180 valence electrons. The Kier molecular flexibility index (Phi) is 5.55. The van der Waals surface area contributed by atoms with E-state index in [-0.39, 0.29) is 17.3 Å². The lowest BCUT2D eigenvalue weighted by Crippen LogP contribution is -2.30. The van der Waals surface area contributed by atoms with Gasteiger partial charge in [0, 0.05) is 45.2 Å². The smallest absolute Gasteiger partial charge is 0.169 e. The van der Waals surface area contributed by atoms with Crippen LogP contribution in [0.15, 0.2) is 22.0 Å². The van der Waals surface area contributed by atoms with Crippen LogP contribution in [0.25, 0.3) is 45.5 Å². The highest BCUT2D eigenvalue weighted by Crippen LogP contribution is 2.50. The van der Waals surface area contributed by atoms with Crippen molar-refractivity contribution < 1.29 is 24.1 Å². The molecular formula is C28H27NO5S. The third kappa shape index (κ3) is 3.04. The summed E-state index contributed by atoms with van der Waals surface area (Å²) in [7, 11) is 4.71. The van der Waals surface area contributed by atoms with Crippen molar-refractivity contribution in [3.63, 3.8) is 0 Å². The SMILES string of the molecule is C=C(OC)c1c(=C)c2c3c(c(OC)c(O)c4c5c(c(OC)c1c43)SCCN=5)C(C(C)=O)=C(C)CC=2. The van der Waals surface area contributed by atoms with E-state index in [1.165, 1.54) is 7.11 Å². The van der Waals surface area contributed by atoms with Gasteiger partial charge in [0.2, 0.25) is 0 Å². The fourth-order valence-corrected chi connectivity index (χ4v) is 6.50. The Bertz CT molecular complexity index is 1680. The summed E-state index contributed by atoms with van der Waals surface area (Å²) in [5.41, 5.74) is 2.71. The van der Waals surface area contributed by atoms with Gasteiger partial charge in [0.1, 0.15) is 11.5 Å². The highest BCUT2D eigenvalue weighted by atomic mass is 32.2. The van der Waals surface area contributed by atoms with Crippen LogP contribution < -0.4 is 25.3 Å². The van der Waals surface area contributed by atoms with Gasteiger partial charge in [-0.2, -0.15) is 0 Å². The van der Waals surface area contributed by atoms with E-state index in [0.717, 1.165) is 37.6 Å². The van der Waals surface area contributed by atoms with E-state index >= 15 is 0 Å². The number of aromatic hydroxyl groups is 1. The first-order chi connectivity index (χ1) is 16.8. The van der Waals surface area contributed by atoms with Crippen molar-refractivity contribution in [2.24, 2.45) is 4.99 Å². The lowest BCUT2D eigenvalue weighted by atomic mass is 9.85. The number of rotatable bonds is 5. The number of hydrogen-bond acceptors (Lipinski definition) is 7. The van der Waals surface area contributed by atoms with Gasteiger partial charge >= 0.3 is 0 Å². The number of nitrogens with zero attached hydrogens (tertiary/aromatic N) is 1. The van der Waals surface area contributed by atoms with Gasteiger partial charge in [0.25, 0.3) is 0 Å². The molecule has 0 radical (unpaired) electrons. The molecule has 0 unspecified atom stereocenters.